The lowest BCUT2D eigenvalue weighted by atomic mass is 9.90. The molecular weight excluding hydrogens is 494 g/mol. The van der Waals surface area contributed by atoms with Crippen LogP contribution in [-0.4, -0.2) is 0 Å². The predicted octanol–water partition coefficient (Wildman–Crippen LogP) is 11.4. The van der Waals surface area contributed by atoms with E-state index in [1.807, 2.05) is 0 Å². The van der Waals surface area contributed by atoms with Crippen molar-refractivity contribution in [2.45, 2.75) is 0 Å². The van der Waals surface area contributed by atoms with Gasteiger partial charge in [-0.15, -0.1) is 0 Å². The van der Waals surface area contributed by atoms with Gasteiger partial charge in [-0.25, -0.2) is 0 Å². The van der Waals surface area contributed by atoms with Gasteiger partial charge < -0.3 is 4.90 Å². The summed E-state index contributed by atoms with van der Waals surface area (Å²) in [7, 11) is 0. The quantitative estimate of drug-likeness (QED) is 0.208. The highest BCUT2D eigenvalue weighted by Gasteiger charge is 2.23. The van der Waals surface area contributed by atoms with E-state index in [0.29, 0.717) is 0 Å². The normalized spacial score (nSPS) is 11.4. The first-order valence-corrected chi connectivity index (χ1v) is 14.1. The number of hydrogen-bond donors (Lipinski definition) is 0. The van der Waals surface area contributed by atoms with Crippen LogP contribution in [-0.2, 0) is 0 Å². The minimum Gasteiger partial charge on any atom is -0.309 e. The fourth-order valence-electron chi connectivity index (χ4n) is 6.29. The maximum absolute atomic E-state index is 2.47. The Bertz CT molecular complexity index is 2130. The second-order valence-corrected chi connectivity index (χ2v) is 10.6. The zero-order valence-corrected chi connectivity index (χ0v) is 22.5. The highest BCUT2D eigenvalue weighted by Crippen LogP contribution is 2.49. The number of rotatable bonds is 4. The third kappa shape index (κ3) is 3.94. The fourth-order valence-corrected chi connectivity index (χ4v) is 6.29. The average molecular weight is 522 g/mol. The fraction of sp³-hybridized carbons (Fsp3) is 0. The smallest absolute Gasteiger partial charge is 0.0624 e. The van der Waals surface area contributed by atoms with Crippen molar-refractivity contribution in [3.8, 4) is 11.1 Å². The van der Waals surface area contributed by atoms with Gasteiger partial charge >= 0.3 is 0 Å². The van der Waals surface area contributed by atoms with E-state index in [0.717, 1.165) is 11.4 Å². The van der Waals surface area contributed by atoms with Crippen LogP contribution in [0.4, 0.5) is 17.1 Å². The number of hydrogen-bond acceptors (Lipinski definition) is 1. The second kappa shape index (κ2) is 9.66. The van der Waals surface area contributed by atoms with Gasteiger partial charge in [-0.2, -0.15) is 0 Å². The summed E-state index contributed by atoms with van der Waals surface area (Å²) in [6, 6.07) is 59.4. The molecule has 0 aliphatic rings. The van der Waals surface area contributed by atoms with E-state index in [1.54, 1.807) is 0 Å². The van der Waals surface area contributed by atoms with Gasteiger partial charge in [0.2, 0.25) is 0 Å². The molecule has 0 saturated heterocycles. The van der Waals surface area contributed by atoms with Crippen molar-refractivity contribution in [1.29, 1.82) is 0 Å². The van der Waals surface area contributed by atoms with Gasteiger partial charge in [-0.1, -0.05) is 140 Å². The van der Waals surface area contributed by atoms with Crippen LogP contribution in [0.5, 0.6) is 0 Å². The largest absolute Gasteiger partial charge is 0.309 e. The lowest BCUT2D eigenvalue weighted by molar-refractivity contribution is 1.31. The van der Waals surface area contributed by atoms with Gasteiger partial charge in [0.25, 0.3) is 0 Å². The van der Waals surface area contributed by atoms with Crippen LogP contribution in [0.25, 0.3) is 54.2 Å². The monoisotopic (exact) mass is 521 g/mol. The minimum absolute atomic E-state index is 1.14. The number of anilines is 3. The summed E-state index contributed by atoms with van der Waals surface area (Å²) in [5, 5.41) is 9.92. The van der Waals surface area contributed by atoms with E-state index in [9.17, 15) is 0 Å². The van der Waals surface area contributed by atoms with Gasteiger partial charge in [-0.05, 0) is 67.5 Å². The molecule has 0 heterocycles. The van der Waals surface area contributed by atoms with E-state index in [4.69, 9.17) is 0 Å². The molecule has 0 fully saturated rings. The molecular formula is C40H27N. The number of benzene rings is 8. The van der Waals surface area contributed by atoms with Crippen molar-refractivity contribution in [2.24, 2.45) is 0 Å². The molecule has 0 N–H and O–H groups in total. The molecule has 1 nitrogen and oxygen atoms in total. The molecule has 0 unspecified atom stereocenters. The lowest BCUT2D eigenvalue weighted by Gasteiger charge is -2.31. The molecule has 1 heteroatoms. The topological polar surface area (TPSA) is 3.24 Å². The SMILES string of the molecule is c1ccc(-c2c(N(c3ccc4ccccc4c3)c3ccc4ccccc4c3)c3ccccc3c3ccccc23)cc1. The van der Waals surface area contributed by atoms with E-state index in [-0.39, 0.29) is 0 Å². The highest BCUT2D eigenvalue weighted by molar-refractivity contribution is 6.22. The Balaban J connectivity index is 1.55. The number of fused-ring (bicyclic) bond motifs is 5. The highest BCUT2D eigenvalue weighted by atomic mass is 15.1. The third-order valence-electron chi connectivity index (χ3n) is 8.17. The van der Waals surface area contributed by atoms with Crippen LogP contribution >= 0.6 is 0 Å². The molecule has 0 aliphatic heterocycles. The summed E-state index contributed by atoms with van der Waals surface area (Å²) in [6.07, 6.45) is 0. The maximum Gasteiger partial charge on any atom is 0.0624 e. The Morgan fingerprint density at radius 3 is 1.34 bits per heavy atom. The first-order chi connectivity index (χ1) is 20.3. The predicted molar refractivity (Wildman–Crippen MR) is 177 cm³/mol. The molecule has 8 rings (SSSR count). The van der Waals surface area contributed by atoms with Gasteiger partial charge in [-0.3, -0.25) is 0 Å². The minimum atomic E-state index is 1.14. The molecule has 0 amide bonds. The van der Waals surface area contributed by atoms with Crippen molar-refractivity contribution in [2.75, 3.05) is 4.90 Å². The molecule has 0 bridgehead atoms. The molecule has 0 saturated carbocycles. The molecule has 0 aliphatic carbocycles. The van der Waals surface area contributed by atoms with Crippen molar-refractivity contribution in [3.05, 3.63) is 164 Å². The standard InChI is InChI=1S/C40H27N/c1-2-14-30(15-3-1)39-37-20-10-8-18-35(37)36-19-9-11-21-38(36)40(39)41(33-24-22-28-12-4-6-16-31(28)26-33)34-25-23-29-13-5-7-17-32(29)27-34/h1-27H. The van der Waals surface area contributed by atoms with Crippen LogP contribution in [0.1, 0.15) is 0 Å². The molecule has 8 aromatic carbocycles. The van der Waals surface area contributed by atoms with E-state index in [2.05, 4.69) is 169 Å². The van der Waals surface area contributed by atoms with Crippen molar-refractivity contribution in [3.63, 3.8) is 0 Å². The Morgan fingerprint density at radius 2 is 0.756 bits per heavy atom. The van der Waals surface area contributed by atoms with Crippen LogP contribution in [0.15, 0.2) is 164 Å². The first-order valence-electron chi connectivity index (χ1n) is 14.1. The van der Waals surface area contributed by atoms with E-state index < -0.39 is 0 Å². The van der Waals surface area contributed by atoms with Crippen LogP contribution in [0.2, 0.25) is 0 Å². The molecule has 0 radical (unpaired) electrons. The molecule has 0 aromatic heterocycles. The van der Waals surface area contributed by atoms with E-state index >= 15 is 0 Å². The summed E-state index contributed by atoms with van der Waals surface area (Å²) < 4.78 is 0. The zero-order valence-electron chi connectivity index (χ0n) is 22.5. The number of nitrogens with zero attached hydrogens (tertiary/aromatic N) is 1. The van der Waals surface area contributed by atoms with Crippen molar-refractivity contribution < 1.29 is 0 Å². The Morgan fingerprint density at radius 1 is 0.317 bits per heavy atom. The summed E-state index contributed by atoms with van der Waals surface area (Å²) >= 11 is 0. The van der Waals surface area contributed by atoms with Crippen LogP contribution in [0, 0.1) is 0 Å². The molecule has 0 atom stereocenters. The molecule has 41 heavy (non-hydrogen) atoms. The van der Waals surface area contributed by atoms with Crippen molar-refractivity contribution in [1.82, 2.24) is 0 Å². The average Bonchev–Trinajstić information content (AvgIpc) is 3.05. The second-order valence-electron chi connectivity index (χ2n) is 10.6. The molecule has 0 spiro atoms. The lowest BCUT2D eigenvalue weighted by Crippen LogP contribution is -2.12. The summed E-state index contributed by atoms with van der Waals surface area (Å²) in [4.78, 5) is 2.47. The first kappa shape index (κ1) is 23.5. The van der Waals surface area contributed by atoms with Gasteiger partial charge in [0, 0.05) is 22.3 Å². The summed E-state index contributed by atoms with van der Waals surface area (Å²) in [5.74, 6) is 0. The van der Waals surface area contributed by atoms with Gasteiger partial charge in [0.05, 0.1) is 5.69 Å². The Hall–Kier alpha value is -5.40. The zero-order chi connectivity index (χ0) is 27.2. The summed E-state index contributed by atoms with van der Waals surface area (Å²) in [6.45, 7) is 0. The Kier molecular flexibility index (Phi) is 5.53. The van der Waals surface area contributed by atoms with Crippen LogP contribution < -0.4 is 4.90 Å². The van der Waals surface area contributed by atoms with Gasteiger partial charge in [0.1, 0.15) is 0 Å². The maximum atomic E-state index is 2.47. The third-order valence-corrected chi connectivity index (χ3v) is 8.17. The van der Waals surface area contributed by atoms with Gasteiger partial charge in [0.15, 0.2) is 0 Å². The molecule has 192 valence electrons. The Labute approximate surface area is 239 Å². The molecule has 8 aromatic rings. The summed E-state index contributed by atoms with van der Waals surface area (Å²) in [5.41, 5.74) is 5.90. The van der Waals surface area contributed by atoms with Crippen molar-refractivity contribution >= 4 is 60.2 Å². The van der Waals surface area contributed by atoms with Crippen LogP contribution in [0.3, 0.4) is 0 Å². The van der Waals surface area contributed by atoms with E-state index in [1.165, 1.54) is 59.9 Å².